The Morgan fingerprint density at radius 1 is 1.10 bits per heavy atom. The fourth-order valence-corrected chi connectivity index (χ4v) is 2.25. The largest absolute Gasteiger partial charge is 0.438 e. The fraction of sp³-hybridized carbons (Fsp3) is 0.286. The molecular weight excluding hydrogens is 391 g/mol. The highest BCUT2D eigenvalue weighted by Crippen LogP contribution is 2.31. The van der Waals surface area contributed by atoms with Crippen molar-refractivity contribution in [3.63, 3.8) is 0 Å². The van der Waals surface area contributed by atoms with Gasteiger partial charge >= 0.3 is 0 Å². The molecule has 0 aliphatic rings. The molecule has 0 N–H and O–H groups in total. The summed E-state index contributed by atoms with van der Waals surface area (Å²) in [5.41, 5.74) is -0.193. The lowest BCUT2D eigenvalue weighted by atomic mass is 9.96. The summed E-state index contributed by atoms with van der Waals surface area (Å²) < 4.78 is 19.9. The maximum atomic E-state index is 13.1. The normalized spacial score (nSPS) is 11.5. The molecule has 20 heavy (non-hydrogen) atoms. The quantitative estimate of drug-likeness (QED) is 0.644. The summed E-state index contributed by atoms with van der Waals surface area (Å²) >= 11 is 6.61. The van der Waals surface area contributed by atoms with Crippen molar-refractivity contribution < 1.29 is 9.13 Å². The molecule has 3 nitrogen and oxygen atoms in total. The summed E-state index contributed by atoms with van der Waals surface area (Å²) in [4.78, 5) is 8.72. The molecule has 2 rings (SSSR count). The van der Waals surface area contributed by atoms with Crippen LogP contribution in [-0.2, 0) is 5.41 Å². The molecular formula is C14H13Br2FN2O. The van der Waals surface area contributed by atoms with Crippen LogP contribution in [0.4, 0.5) is 4.39 Å². The Kier molecular flexibility index (Phi) is 4.44. The summed E-state index contributed by atoms with van der Waals surface area (Å²) in [5.74, 6) is 1.24. The number of hydrogen-bond acceptors (Lipinski definition) is 3. The zero-order valence-corrected chi connectivity index (χ0v) is 14.4. The Hall–Kier alpha value is -1.01. The average Bonchev–Trinajstić information content (AvgIpc) is 2.31. The lowest BCUT2D eigenvalue weighted by Crippen LogP contribution is -2.16. The second kappa shape index (κ2) is 5.77. The predicted octanol–water partition coefficient (Wildman–Crippen LogP) is 5.23. The molecule has 0 saturated heterocycles. The van der Waals surface area contributed by atoms with Gasteiger partial charge in [-0.2, -0.15) is 4.98 Å². The number of benzene rings is 1. The van der Waals surface area contributed by atoms with Gasteiger partial charge in [-0.05, 0) is 50.1 Å². The van der Waals surface area contributed by atoms with Crippen molar-refractivity contribution in [3.8, 4) is 11.6 Å². The van der Waals surface area contributed by atoms with Gasteiger partial charge in [0.25, 0.3) is 0 Å². The number of ether oxygens (including phenoxy) is 1. The molecule has 0 amide bonds. The minimum atomic E-state index is -0.330. The smallest absolute Gasteiger partial charge is 0.223 e. The molecule has 0 aliphatic carbocycles. The standard InChI is InChI=1S/C14H13Br2FN2O/c1-14(2,3)13-18-11(16)7-12(19-13)20-10-5-4-8(17)6-9(10)15/h4-7H,1-3H3. The summed E-state index contributed by atoms with van der Waals surface area (Å²) in [6.07, 6.45) is 0. The Balaban J connectivity index is 2.36. The van der Waals surface area contributed by atoms with Crippen molar-refractivity contribution in [2.24, 2.45) is 0 Å². The topological polar surface area (TPSA) is 35.0 Å². The van der Waals surface area contributed by atoms with Crippen molar-refractivity contribution in [2.45, 2.75) is 26.2 Å². The van der Waals surface area contributed by atoms with E-state index in [0.717, 1.165) is 0 Å². The maximum absolute atomic E-state index is 13.1. The van der Waals surface area contributed by atoms with E-state index >= 15 is 0 Å². The molecule has 1 aromatic heterocycles. The molecule has 0 bridgehead atoms. The molecule has 0 saturated carbocycles. The minimum Gasteiger partial charge on any atom is -0.438 e. The van der Waals surface area contributed by atoms with E-state index in [2.05, 4.69) is 41.8 Å². The fourth-order valence-electron chi connectivity index (χ4n) is 1.46. The van der Waals surface area contributed by atoms with Gasteiger partial charge in [-0.1, -0.05) is 20.8 Å². The molecule has 2 aromatic rings. The van der Waals surface area contributed by atoms with Crippen LogP contribution < -0.4 is 4.74 Å². The van der Waals surface area contributed by atoms with Gasteiger partial charge in [0.2, 0.25) is 5.88 Å². The van der Waals surface area contributed by atoms with E-state index in [1.807, 2.05) is 20.8 Å². The zero-order valence-electron chi connectivity index (χ0n) is 11.2. The number of nitrogens with zero attached hydrogens (tertiary/aromatic N) is 2. The van der Waals surface area contributed by atoms with Crippen molar-refractivity contribution in [1.82, 2.24) is 9.97 Å². The molecule has 0 spiro atoms. The third-order valence-corrected chi connectivity index (χ3v) is 3.48. The van der Waals surface area contributed by atoms with Crippen LogP contribution >= 0.6 is 31.9 Å². The lowest BCUT2D eigenvalue weighted by Gasteiger charge is -2.17. The SMILES string of the molecule is CC(C)(C)c1nc(Br)cc(Oc2ccc(F)cc2Br)n1. The third-order valence-electron chi connectivity index (χ3n) is 2.45. The van der Waals surface area contributed by atoms with Gasteiger partial charge in [0, 0.05) is 11.5 Å². The number of rotatable bonds is 2. The van der Waals surface area contributed by atoms with E-state index in [1.54, 1.807) is 12.1 Å². The van der Waals surface area contributed by atoms with Crippen LogP contribution in [0, 0.1) is 5.82 Å². The maximum Gasteiger partial charge on any atom is 0.223 e. The van der Waals surface area contributed by atoms with E-state index in [9.17, 15) is 4.39 Å². The minimum absolute atomic E-state index is 0.193. The van der Waals surface area contributed by atoms with Gasteiger partial charge in [0.15, 0.2) is 0 Å². The Morgan fingerprint density at radius 2 is 1.80 bits per heavy atom. The van der Waals surface area contributed by atoms with Crippen molar-refractivity contribution >= 4 is 31.9 Å². The van der Waals surface area contributed by atoms with Crippen LogP contribution in [0.1, 0.15) is 26.6 Å². The van der Waals surface area contributed by atoms with E-state index in [-0.39, 0.29) is 11.2 Å². The summed E-state index contributed by atoms with van der Waals surface area (Å²) in [6, 6.07) is 5.90. The van der Waals surface area contributed by atoms with Gasteiger partial charge in [0.1, 0.15) is 22.0 Å². The second-order valence-corrected chi connectivity index (χ2v) is 6.95. The van der Waals surface area contributed by atoms with Crippen LogP contribution in [0.3, 0.4) is 0 Å². The highest BCUT2D eigenvalue weighted by Gasteiger charge is 2.19. The van der Waals surface area contributed by atoms with Crippen molar-refractivity contribution in [1.29, 1.82) is 0 Å². The Bertz CT molecular complexity index is 642. The van der Waals surface area contributed by atoms with Gasteiger partial charge in [0.05, 0.1) is 4.47 Å². The second-order valence-electron chi connectivity index (χ2n) is 5.28. The molecule has 0 aliphatic heterocycles. The highest BCUT2D eigenvalue weighted by molar-refractivity contribution is 9.10. The van der Waals surface area contributed by atoms with Gasteiger partial charge < -0.3 is 4.74 Å². The zero-order chi connectivity index (χ0) is 14.9. The summed E-state index contributed by atoms with van der Waals surface area (Å²) in [6.45, 7) is 6.06. The first-order chi connectivity index (χ1) is 9.25. The third kappa shape index (κ3) is 3.76. The van der Waals surface area contributed by atoms with Crippen molar-refractivity contribution in [3.05, 3.63) is 45.0 Å². The van der Waals surface area contributed by atoms with E-state index in [1.165, 1.54) is 12.1 Å². The molecule has 0 unspecified atom stereocenters. The molecule has 1 aromatic carbocycles. The Labute approximate surface area is 133 Å². The highest BCUT2D eigenvalue weighted by atomic mass is 79.9. The molecule has 6 heteroatoms. The van der Waals surface area contributed by atoms with Crippen molar-refractivity contribution in [2.75, 3.05) is 0 Å². The first kappa shape index (κ1) is 15.4. The van der Waals surface area contributed by atoms with Gasteiger partial charge in [-0.3, -0.25) is 0 Å². The molecule has 0 radical (unpaired) electrons. The van der Waals surface area contributed by atoms with E-state index in [4.69, 9.17) is 4.74 Å². The first-order valence-corrected chi connectivity index (χ1v) is 7.52. The molecule has 1 heterocycles. The summed E-state index contributed by atoms with van der Waals surface area (Å²) in [5, 5.41) is 0. The first-order valence-electron chi connectivity index (χ1n) is 5.94. The summed E-state index contributed by atoms with van der Waals surface area (Å²) in [7, 11) is 0. The van der Waals surface area contributed by atoms with Crippen LogP contribution in [0.25, 0.3) is 0 Å². The van der Waals surface area contributed by atoms with E-state index < -0.39 is 0 Å². The van der Waals surface area contributed by atoms with Gasteiger partial charge in [-0.15, -0.1) is 0 Å². The van der Waals surface area contributed by atoms with Crippen LogP contribution in [0.2, 0.25) is 0 Å². The molecule has 0 fully saturated rings. The number of halogens is 3. The Morgan fingerprint density at radius 3 is 2.40 bits per heavy atom. The number of aromatic nitrogens is 2. The van der Waals surface area contributed by atoms with E-state index in [0.29, 0.717) is 26.5 Å². The monoisotopic (exact) mass is 402 g/mol. The molecule has 106 valence electrons. The lowest BCUT2D eigenvalue weighted by molar-refractivity contribution is 0.441. The molecule has 0 atom stereocenters. The van der Waals surface area contributed by atoms with Gasteiger partial charge in [-0.25, -0.2) is 9.37 Å². The predicted molar refractivity (Wildman–Crippen MR) is 82.6 cm³/mol. The number of hydrogen-bond donors (Lipinski definition) is 0. The van der Waals surface area contributed by atoms with Crippen LogP contribution in [0.5, 0.6) is 11.6 Å². The van der Waals surface area contributed by atoms with Crippen LogP contribution in [-0.4, -0.2) is 9.97 Å². The average molecular weight is 404 g/mol. The van der Waals surface area contributed by atoms with Crippen LogP contribution in [0.15, 0.2) is 33.3 Å².